The summed E-state index contributed by atoms with van der Waals surface area (Å²) in [5.41, 5.74) is 0. The molecule has 2 heterocycles. The van der Waals surface area contributed by atoms with Crippen molar-refractivity contribution in [2.24, 2.45) is 0 Å². The van der Waals surface area contributed by atoms with E-state index >= 15 is 0 Å². The van der Waals surface area contributed by atoms with Crippen LogP contribution in [0.15, 0.2) is 32.1 Å². The molecule has 80 valence electrons. The summed E-state index contributed by atoms with van der Waals surface area (Å²) in [7, 11) is 0. The average molecular weight is 272 g/mol. The molecule has 0 spiro atoms. The summed E-state index contributed by atoms with van der Waals surface area (Å²) >= 11 is 3.26. The van der Waals surface area contributed by atoms with E-state index < -0.39 is 0 Å². The number of hydrogen-bond donors (Lipinski definition) is 1. The van der Waals surface area contributed by atoms with Gasteiger partial charge in [0, 0.05) is 0 Å². The molecule has 0 bridgehead atoms. The van der Waals surface area contributed by atoms with Gasteiger partial charge in [-0.15, -0.1) is 0 Å². The molecule has 0 fully saturated rings. The summed E-state index contributed by atoms with van der Waals surface area (Å²) in [5, 5.41) is 6.91. The Morgan fingerprint density at radius 3 is 3.00 bits per heavy atom. The van der Waals surface area contributed by atoms with Crippen molar-refractivity contribution in [1.82, 2.24) is 15.5 Å². The summed E-state index contributed by atoms with van der Waals surface area (Å²) < 4.78 is 10.8. The number of hydrogen-bond acceptors (Lipinski definition) is 5. The smallest absolute Gasteiger partial charge is 0.213 e. The van der Waals surface area contributed by atoms with Gasteiger partial charge in [-0.1, -0.05) is 5.16 Å². The Balaban J connectivity index is 1.90. The van der Waals surface area contributed by atoms with Crippen LogP contribution in [0.25, 0.3) is 0 Å². The molecule has 0 amide bonds. The normalized spacial score (nSPS) is 12.9. The highest BCUT2D eigenvalue weighted by Crippen LogP contribution is 2.19. The van der Waals surface area contributed by atoms with Gasteiger partial charge in [-0.25, -0.2) is 0 Å². The first-order valence-electron chi connectivity index (χ1n) is 4.49. The van der Waals surface area contributed by atoms with Crippen LogP contribution in [0.5, 0.6) is 0 Å². The van der Waals surface area contributed by atoms with Crippen LogP contribution in [0.3, 0.4) is 0 Å². The zero-order chi connectivity index (χ0) is 10.7. The van der Waals surface area contributed by atoms with E-state index in [4.69, 9.17) is 4.42 Å². The van der Waals surface area contributed by atoms with Gasteiger partial charge in [0.2, 0.25) is 6.39 Å². The summed E-state index contributed by atoms with van der Waals surface area (Å²) in [4.78, 5) is 3.91. The number of furan rings is 1. The fourth-order valence-electron chi connectivity index (χ4n) is 1.18. The lowest BCUT2D eigenvalue weighted by Crippen LogP contribution is -2.18. The van der Waals surface area contributed by atoms with Crippen LogP contribution in [-0.2, 0) is 6.54 Å². The van der Waals surface area contributed by atoms with E-state index in [1.807, 2.05) is 19.1 Å². The van der Waals surface area contributed by atoms with Crippen LogP contribution in [0.2, 0.25) is 0 Å². The third-order valence-electron chi connectivity index (χ3n) is 1.99. The number of nitrogens with one attached hydrogen (secondary N) is 1. The van der Waals surface area contributed by atoms with Gasteiger partial charge in [-0.05, 0) is 35.0 Å². The SMILES string of the molecule is CC(NCc1ncon1)c1ccc(Br)o1. The van der Waals surface area contributed by atoms with Crippen LogP contribution in [-0.4, -0.2) is 10.1 Å². The summed E-state index contributed by atoms with van der Waals surface area (Å²) in [6.07, 6.45) is 1.31. The maximum absolute atomic E-state index is 5.41. The van der Waals surface area contributed by atoms with Gasteiger partial charge in [0.15, 0.2) is 10.5 Å². The van der Waals surface area contributed by atoms with Gasteiger partial charge >= 0.3 is 0 Å². The van der Waals surface area contributed by atoms with Crippen molar-refractivity contribution < 1.29 is 8.94 Å². The van der Waals surface area contributed by atoms with E-state index in [0.29, 0.717) is 12.4 Å². The van der Waals surface area contributed by atoms with E-state index in [9.17, 15) is 0 Å². The Labute approximate surface area is 95.0 Å². The minimum Gasteiger partial charge on any atom is -0.453 e. The fourth-order valence-corrected chi connectivity index (χ4v) is 1.50. The largest absolute Gasteiger partial charge is 0.453 e. The van der Waals surface area contributed by atoms with Crippen molar-refractivity contribution in [2.45, 2.75) is 19.5 Å². The topological polar surface area (TPSA) is 64.1 Å². The van der Waals surface area contributed by atoms with Crippen molar-refractivity contribution in [2.75, 3.05) is 0 Å². The molecule has 2 aromatic heterocycles. The lowest BCUT2D eigenvalue weighted by molar-refractivity contribution is 0.393. The zero-order valence-electron chi connectivity index (χ0n) is 8.11. The summed E-state index contributed by atoms with van der Waals surface area (Å²) in [6, 6.07) is 3.88. The molecule has 6 heteroatoms. The molecule has 15 heavy (non-hydrogen) atoms. The van der Waals surface area contributed by atoms with E-state index in [1.54, 1.807) is 0 Å². The van der Waals surface area contributed by atoms with Crippen LogP contribution in [0.4, 0.5) is 0 Å². The molecule has 1 atom stereocenters. The van der Waals surface area contributed by atoms with Gasteiger partial charge in [0.05, 0.1) is 12.6 Å². The molecule has 5 nitrogen and oxygen atoms in total. The van der Waals surface area contributed by atoms with Gasteiger partial charge in [0.25, 0.3) is 0 Å². The molecule has 2 aromatic rings. The Hall–Kier alpha value is -1.14. The second kappa shape index (κ2) is 4.59. The second-order valence-corrected chi connectivity index (χ2v) is 3.87. The Kier molecular flexibility index (Phi) is 3.17. The maximum Gasteiger partial charge on any atom is 0.213 e. The fraction of sp³-hybridized carbons (Fsp3) is 0.333. The third kappa shape index (κ3) is 2.66. The monoisotopic (exact) mass is 271 g/mol. The summed E-state index contributed by atoms with van der Waals surface area (Å²) in [6.45, 7) is 2.56. The van der Waals surface area contributed by atoms with Crippen LogP contribution < -0.4 is 5.32 Å². The van der Waals surface area contributed by atoms with Gasteiger partial charge in [-0.3, -0.25) is 0 Å². The standard InChI is InChI=1S/C9H10BrN3O2/c1-6(7-2-3-8(10)15-7)11-4-9-12-5-14-13-9/h2-3,5-6,11H,4H2,1H3. The van der Waals surface area contributed by atoms with E-state index in [0.717, 1.165) is 10.4 Å². The predicted molar refractivity (Wildman–Crippen MR) is 56.0 cm³/mol. The van der Waals surface area contributed by atoms with Crippen molar-refractivity contribution in [1.29, 1.82) is 0 Å². The molecule has 0 aromatic carbocycles. The van der Waals surface area contributed by atoms with Crippen molar-refractivity contribution in [3.05, 3.63) is 34.8 Å². The highest BCUT2D eigenvalue weighted by atomic mass is 79.9. The zero-order valence-corrected chi connectivity index (χ0v) is 9.69. The van der Waals surface area contributed by atoms with Crippen molar-refractivity contribution in [3.8, 4) is 0 Å². The Morgan fingerprint density at radius 2 is 2.40 bits per heavy atom. The molecule has 2 rings (SSSR count). The third-order valence-corrected chi connectivity index (χ3v) is 2.42. The number of rotatable bonds is 4. The van der Waals surface area contributed by atoms with Gasteiger partial charge in [-0.2, -0.15) is 4.98 Å². The lowest BCUT2D eigenvalue weighted by Gasteiger charge is -2.08. The summed E-state index contributed by atoms with van der Waals surface area (Å²) in [5.74, 6) is 1.50. The van der Waals surface area contributed by atoms with Gasteiger partial charge < -0.3 is 14.3 Å². The van der Waals surface area contributed by atoms with Gasteiger partial charge in [0.1, 0.15) is 5.76 Å². The first-order valence-corrected chi connectivity index (χ1v) is 5.29. The predicted octanol–water partition coefficient (Wildman–Crippen LogP) is 2.28. The number of halogens is 1. The van der Waals surface area contributed by atoms with Crippen LogP contribution in [0.1, 0.15) is 24.6 Å². The first-order chi connectivity index (χ1) is 7.25. The lowest BCUT2D eigenvalue weighted by atomic mass is 10.2. The highest BCUT2D eigenvalue weighted by Gasteiger charge is 2.10. The average Bonchev–Trinajstić information content (AvgIpc) is 2.84. The van der Waals surface area contributed by atoms with E-state index in [-0.39, 0.29) is 6.04 Å². The van der Waals surface area contributed by atoms with E-state index in [2.05, 4.69) is 35.9 Å². The van der Waals surface area contributed by atoms with E-state index in [1.165, 1.54) is 6.39 Å². The molecular formula is C9H10BrN3O2. The van der Waals surface area contributed by atoms with Crippen molar-refractivity contribution >= 4 is 15.9 Å². The minimum atomic E-state index is 0.106. The molecule has 0 aliphatic carbocycles. The molecule has 0 aliphatic heterocycles. The minimum absolute atomic E-state index is 0.106. The molecule has 0 saturated carbocycles. The van der Waals surface area contributed by atoms with Crippen molar-refractivity contribution in [3.63, 3.8) is 0 Å². The Morgan fingerprint density at radius 1 is 1.53 bits per heavy atom. The molecule has 0 radical (unpaired) electrons. The second-order valence-electron chi connectivity index (χ2n) is 3.09. The highest BCUT2D eigenvalue weighted by molar-refractivity contribution is 9.10. The van der Waals surface area contributed by atoms with Crippen LogP contribution in [0, 0.1) is 0 Å². The maximum atomic E-state index is 5.41. The molecular weight excluding hydrogens is 262 g/mol. The van der Waals surface area contributed by atoms with Crippen LogP contribution >= 0.6 is 15.9 Å². The first kappa shape index (κ1) is 10.4. The number of nitrogens with zero attached hydrogens (tertiary/aromatic N) is 2. The molecule has 1 N–H and O–H groups in total. The quantitative estimate of drug-likeness (QED) is 0.924. The Bertz CT molecular complexity index is 413. The molecule has 0 aliphatic rings. The molecule has 1 unspecified atom stereocenters. The molecule has 0 saturated heterocycles. The number of aromatic nitrogens is 2.